The molecule has 1 heterocycles. The minimum absolute atomic E-state index is 0.0837. The summed E-state index contributed by atoms with van der Waals surface area (Å²) in [5, 5.41) is 13.1. The molecule has 0 aromatic heterocycles. The number of ether oxygens (including phenoxy) is 1. The summed E-state index contributed by atoms with van der Waals surface area (Å²) in [7, 11) is 0. The molecule has 2 aromatic rings. The van der Waals surface area contributed by atoms with Crippen molar-refractivity contribution in [3.8, 4) is 0 Å². The molecule has 0 unspecified atom stereocenters. The van der Waals surface area contributed by atoms with E-state index in [1.165, 1.54) is 12.1 Å². The number of rotatable bonds is 5. The van der Waals surface area contributed by atoms with Gasteiger partial charge in [-0.1, -0.05) is 42.5 Å². The number of carbonyl (C=O) groups excluding carboxylic acids is 1. The monoisotopic (exact) mass is 393 g/mol. The van der Waals surface area contributed by atoms with Crippen LogP contribution in [0.25, 0.3) is 0 Å². The van der Waals surface area contributed by atoms with Crippen molar-refractivity contribution >= 4 is 5.91 Å². The maximum atomic E-state index is 13.0. The van der Waals surface area contributed by atoms with Crippen molar-refractivity contribution in [2.75, 3.05) is 19.8 Å². The van der Waals surface area contributed by atoms with Crippen molar-refractivity contribution in [3.05, 3.63) is 71.3 Å². The number of alkyl halides is 3. The molecule has 1 saturated heterocycles. The smallest absolute Gasteiger partial charge is 0.387 e. The molecule has 0 spiro atoms. The minimum Gasteiger partial charge on any atom is -0.387 e. The van der Waals surface area contributed by atoms with Crippen LogP contribution in [0.1, 0.15) is 35.6 Å². The maximum absolute atomic E-state index is 13.0. The fourth-order valence-electron chi connectivity index (χ4n) is 3.49. The van der Waals surface area contributed by atoms with E-state index in [2.05, 4.69) is 5.32 Å². The molecule has 2 aromatic carbocycles. The van der Waals surface area contributed by atoms with Gasteiger partial charge in [0, 0.05) is 19.8 Å². The fraction of sp³-hybridized carbons (Fsp3) is 0.381. The fourth-order valence-corrected chi connectivity index (χ4v) is 3.49. The number of carbonyl (C=O) groups is 1. The molecule has 0 aliphatic carbocycles. The molecule has 3 rings (SSSR count). The third-order valence-electron chi connectivity index (χ3n) is 5.19. The molecule has 1 atom stereocenters. The lowest BCUT2D eigenvalue weighted by molar-refractivity contribution is -0.137. The molecule has 0 bridgehead atoms. The van der Waals surface area contributed by atoms with Gasteiger partial charge < -0.3 is 15.2 Å². The van der Waals surface area contributed by atoms with Crippen LogP contribution < -0.4 is 5.32 Å². The van der Waals surface area contributed by atoms with Gasteiger partial charge in [-0.05, 0) is 36.1 Å². The van der Waals surface area contributed by atoms with E-state index in [1.807, 2.05) is 30.3 Å². The van der Waals surface area contributed by atoms with Gasteiger partial charge in [0.05, 0.1) is 17.1 Å². The van der Waals surface area contributed by atoms with E-state index in [0.29, 0.717) is 31.6 Å². The third kappa shape index (κ3) is 4.36. The zero-order chi connectivity index (χ0) is 20.2. The van der Waals surface area contributed by atoms with Crippen LogP contribution >= 0.6 is 0 Å². The van der Waals surface area contributed by atoms with Crippen molar-refractivity contribution in [3.63, 3.8) is 0 Å². The Balaban J connectivity index is 1.69. The molecule has 4 nitrogen and oxygen atoms in total. The van der Waals surface area contributed by atoms with Crippen LogP contribution in [0.3, 0.4) is 0 Å². The lowest BCUT2D eigenvalue weighted by Crippen LogP contribution is -2.48. The largest absolute Gasteiger partial charge is 0.416 e. The maximum Gasteiger partial charge on any atom is 0.416 e. The first kappa shape index (κ1) is 20.4. The Morgan fingerprint density at radius 1 is 1.07 bits per heavy atom. The summed E-state index contributed by atoms with van der Waals surface area (Å²) in [6.45, 7) is 0.840. The van der Waals surface area contributed by atoms with E-state index >= 15 is 0 Å². The summed E-state index contributed by atoms with van der Waals surface area (Å²) >= 11 is 0. The summed E-state index contributed by atoms with van der Waals surface area (Å²) in [5.41, 5.74) is -0.314. The molecule has 2 N–H and O–H groups in total. The first-order valence-corrected chi connectivity index (χ1v) is 9.10. The standard InChI is InChI=1S/C21H22F3NO3/c22-21(23,24)17-8-6-15(7-9-17)18(26)14-25-19(27)20(10-12-28-13-11-20)16-4-2-1-3-5-16/h1-9,18,26H,10-14H2,(H,25,27)/t18-/m0/s1. The van der Waals surface area contributed by atoms with Gasteiger partial charge in [0.2, 0.25) is 5.91 Å². The molecular weight excluding hydrogens is 371 g/mol. The second-order valence-corrected chi connectivity index (χ2v) is 6.91. The molecule has 0 radical (unpaired) electrons. The van der Waals surface area contributed by atoms with Gasteiger partial charge in [-0.25, -0.2) is 0 Å². The quantitative estimate of drug-likeness (QED) is 0.816. The topological polar surface area (TPSA) is 58.6 Å². The highest BCUT2D eigenvalue weighted by Crippen LogP contribution is 2.35. The number of aliphatic hydroxyl groups excluding tert-OH is 1. The lowest BCUT2D eigenvalue weighted by Gasteiger charge is -2.36. The zero-order valence-electron chi connectivity index (χ0n) is 15.2. The highest BCUT2D eigenvalue weighted by molar-refractivity contribution is 5.88. The van der Waals surface area contributed by atoms with Gasteiger partial charge in [0.25, 0.3) is 0 Å². The van der Waals surface area contributed by atoms with Crippen LogP contribution in [0, 0.1) is 0 Å². The summed E-state index contributed by atoms with van der Waals surface area (Å²) in [4.78, 5) is 13.0. The molecule has 1 aliphatic heterocycles. The third-order valence-corrected chi connectivity index (χ3v) is 5.19. The molecule has 1 aliphatic rings. The zero-order valence-corrected chi connectivity index (χ0v) is 15.2. The summed E-state index contributed by atoms with van der Waals surface area (Å²) in [6.07, 6.45) is -4.47. The normalized spacial score (nSPS) is 17.7. The van der Waals surface area contributed by atoms with Crippen LogP contribution in [0.2, 0.25) is 0 Å². The Labute approximate surface area is 161 Å². The highest BCUT2D eigenvalue weighted by atomic mass is 19.4. The van der Waals surface area contributed by atoms with Gasteiger partial charge in [-0.2, -0.15) is 13.2 Å². The molecular formula is C21H22F3NO3. The van der Waals surface area contributed by atoms with Crippen molar-refractivity contribution < 1.29 is 27.8 Å². The molecule has 7 heteroatoms. The van der Waals surface area contributed by atoms with Gasteiger partial charge in [-0.3, -0.25) is 4.79 Å². The first-order chi connectivity index (χ1) is 13.3. The van der Waals surface area contributed by atoms with E-state index in [0.717, 1.165) is 17.7 Å². The van der Waals surface area contributed by atoms with Crippen molar-refractivity contribution in [2.45, 2.75) is 30.5 Å². The molecule has 1 fully saturated rings. The summed E-state index contributed by atoms with van der Waals surface area (Å²) < 4.78 is 43.4. The summed E-state index contributed by atoms with van der Waals surface area (Å²) in [5.74, 6) is -0.215. The molecule has 0 saturated carbocycles. The van der Waals surface area contributed by atoms with E-state index in [9.17, 15) is 23.1 Å². The Hall–Kier alpha value is -2.38. The number of halogens is 3. The Morgan fingerprint density at radius 2 is 1.68 bits per heavy atom. The van der Waals surface area contributed by atoms with Gasteiger partial charge in [-0.15, -0.1) is 0 Å². The number of hydrogen-bond donors (Lipinski definition) is 2. The number of nitrogens with one attached hydrogen (secondary N) is 1. The average molecular weight is 393 g/mol. The van der Waals surface area contributed by atoms with Gasteiger partial charge in [0.1, 0.15) is 0 Å². The lowest BCUT2D eigenvalue weighted by atomic mass is 9.73. The van der Waals surface area contributed by atoms with E-state index in [1.54, 1.807) is 0 Å². The first-order valence-electron chi connectivity index (χ1n) is 9.10. The number of benzene rings is 2. The number of amides is 1. The number of aliphatic hydroxyl groups is 1. The van der Waals surface area contributed by atoms with Gasteiger partial charge in [0.15, 0.2) is 0 Å². The van der Waals surface area contributed by atoms with Gasteiger partial charge >= 0.3 is 6.18 Å². The Bertz CT molecular complexity index is 785. The predicted molar refractivity (Wildman–Crippen MR) is 97.6 cm³/mol. The molecule has 28 heavy (non-hydrogen) atoms. The van der Waals surface area contributed by atoms with Crippen LogP contribution in [0.4, 0.5) is 13.2 Å². The van der Waals surface area contributed by atoms with E-state index in [-0.39, 0.29) is 12.5 Å². The molecule has 1 amide bonds. The average Bonchev–Trinajstić information content (AvgIpc) is 2.72. The van der Waals surface area contributed by atoms with Crippen LogP contribution in [0.5, 0.6) is 0 Å². The van der Waals surface area contributed by atoms with Crippen LogP contribution in [-0.2, 0) is 21.1 Å². The van der Waals surface area contributed by atoms with Crippen molar-refractivity contribution in [2.24, 2.45) is 0 Å². The highest BCUT2D eigenvalue weighted by Gasteiger charge is 2.41. The van der Waals surface area contributed by atoms with Crippen LogP contribution in [-0.4, -0.2) is 30.8 Å². The number of hydrogen-bond acceptors (Lipinski definition) is 3. The Morgan fingerprint density at radius 3 is 2.25 bits per heavy atom. The van der Waals surface area contributed by atoms with Crippen LogP contribution in [0.15, 0.2) is 54.6 Å². The van der Waals surface area contributed by atoms with Crippen molar-refractivity contribution in [1.29, 1.82) is 0 Å². The summed E-state index contributed by atoms with van der Waals surface area (Å²) in [6, 6.07) is 13.7. The van der Waals surface area contributed by atoms with Crippen molar-refractivity contribution in [1.82, 2.24) is 5.32 Å². The molecule has 150 valence electrons. The SMILES string of the molecule is O=C(NC[C@H](O)c1ccc(C(F)(F)F)cc1)C1(c2ccccc2)CCOCC1. The second kappa shape index (κ2) is 8.32. The predicted octanol–water partition coefficient (Wildman–Crippen LogP) is 3.60. The van der Waals surface area contributed by atoms with E-state index in [4.69, 9.17) is 4.74 Å². The second-order valence-electron chi connectivity index (χ2n) is 6.91. The Kier molecular flexibility index (Phi) is 6.05. The van der Waals surface area contributed by atoms with E-state index < -0.39 is 23.3 Å². The minimum atomic E-state index is -4.43.